The second kappa shape index (κ2) is 11.9. The second-order valence-electron chi connectivity index (χ2n) is 16.5. The van der Waals surface area contributed by atoms with Gasteiger partial charge in [0.15, 0.2) is 0 Å². The lowest BCUT2D eigenvalue weighted by Gasteiger charge is -2.31. The van der Waals surface area contributed by atoms with Crippen molar-refractivity contribution in [3.8, 4) is 44.5 Å². The fourth-order valence-corrected chi connectivity index (χ4v) is 9.83. The van der Waals surface area contributed by atoms with E-state index >= 15 is 0 Å². The number of rotatable bonds is 5. The zero-order valence-electron chi connectivity index (χ0n) is 32.1. The summed E-state index contributed by atoms with van der Waals surface area (Å²) in [7, 11) is 0. The van der Waals surface area contributed by atoms with E-state index in [2.05, 4.69) is 209 Å². The number of furan rings is 1. The third-order valence-electron chi connectivity index (χ3n) is 12.7. The van der Waals surface area contributed by atoms with Crippen LogP contribution in [0.3, 0.4) is 0 Å². The van der Waals surface area contributed by atoms with Crippen LogP contribution in [0, 0.1) is 0 Å². The Morgan fingerprint density at radius 3 is 1.52 bits per heavy atom. The lowest BCUT2D eigenvalue weighted by atomic mass is 9.82. The normalized spacial score (nSPS) is 14.4. The lowest BCUT2D eigenvalue weighted by Crippen LogP contribution is -2.18. The SMILES string of the molecule is CC1(C)c2ccccc2-c2ccc(N(c3ccc4c(c3)C(C)(C)c3ccccc3-4)c3ccc4oc5ccccc5c4c3-c3ccc(-c4ccccc4)cc3)cc21. The molecule has 0 aliphatic heterocycles. The van der Waals surface area contributed by atoms with E-state index in [1.165, 1.54) is 55.6 Å². The highest BCUT2D eigenvalue weighted by Crippen LogP contribution is 2.54. The second-order valence-corrected chi connectivity index (χ2v) is 16.5. The first kappa shape index (κ1) is 32.8. The molecule has 0 unspecified atom stereocenters. The molecule has 0 radical (unpaired) electrons. The van der Waals surface area contributed by atoms with Gasteiger partial charge in [-0.05, 0) is 104 Å². The van der Waals surface area contributed by atoms with E-state index in [0.29, 0.717) is 0 Å². The van der Waals surface area contributed by atoms with Crippen LogP contribution in [0.15, 0.2) is 180 Å². The molecule has 0 atom stereocenters. The van der Waals surface area contributed by atoms with Crippen molar-refractivity contribution in [2.75, 3.05) is 4.90 Å². The van der Waals surface area contributed by atoms with Gasteiger partial charge in [0, 0.05) is 38.5 Å². The van der Waals surface area contributed by atoms with E-state index in [4.69, 9.17) is 4.42 Å². The van der Waals surface area contributed by atoms with Crippen molar-refractivity contribution in [2.45, 2.75) is 38.5 Å². The summed E-state index contributed by atoms with van der Waals surface area (Å²) in [5, 5.41) is 2.24. The van der Waals surface area contributed by atoms with Crippen LogP contribution < -0.4 is 4.90 Å². The Balaban J connectivity index is 1.19. The topological polar surface area (TPSA) is 16.4 Å². The van der Waals surface area contributed by atoms with Gasteiger partial charge < -0.3 is 9.32 Å². The first-order valence-corrected chi connectivity index (χ1v) is 19.7. The summed E-state index contributed by atoms with van der Waals surface area (Å²) in [6, 6.07) is 64.6. The summed E-state index contributed by atoms with van der Waals surface area (Å²) in [5.41, 5.74) is 20.3. The van der Waals surface area contributed by atoms with Gasteiger partial charge in [-0.25, -0.2) is 0 Å². The number of fused-ring (bicyclic) bond motifs is 9. The van der Waals surface area contributed by atoms with Gasteiger partial charge in [-0.1, -0.05) is 161 Å². The average Bonchev–Trinajstić information content (AvgIpc) is 3.81. The molecule has 9 aromatic rings. The van der Waals surface area contributed by atoms with Gasteiger partial charge >= 0.3 is 0 Å². The fraction of sp³-hybridized carbons (Fsp3) is 0.111. The molecule has 1 aromatic heterocycles. The smallest absolute Gasteiger partial charge is 0.136 e. The van der Waals surface area contributed by atoms with Crippen molar-refractivity contribution in [2.24, 2.45) is 0 Å². The van der Waals surface area contributed by atoms with Crippen molar-refractivity contribution in [1.82, 2.24) is 0 Å². The number of para-hydroxylation sites is 1. The van der Waals surface area contributed by atoms with Crippen LogP contribution in [0.1, 0.15) is 49.9 Å². The molecule has 0 fully saturated rings. The van der Waals surface area contributed by atoms with Crippen molar-refractivity contribution >= 4 is 39.0 Å². The summed E-state index contributed by atoms with van der Waals surface area (Å²) in [4.78, 5) is 2.50. The Hall–Kier alpha value is -6.64. The van der Waals surface area contributed by atoms with Gasteiger partial charge in [0.2, 0.25) is 0 Å². The first-order valence-electron chi connectivity index (χ1n) is 19.7. The van der Waals surface area contributed by atoms with E-state index in [0.717, 1.165) is 50.1 Å². The van der Waals surface area contributed by atoms with Crippen LogP contribution in [-0.2, 0) is 10.8 Å². The molecule has 0 N–H and O–H groups in total. The van der Waals surface area contributed by atoms with Crippen LogP contribution in [0.25, 0.3) is 66.4 Å². The van der Waals surface area contributed by atoms with Gasteiger partial charge in [-0.3, -0.25) is 0 Å². The van der Waals surface area contributed by atoms with Gasteiger partial charge in [0.05, 0.1) is 5.69 Å². The summed E-state index contributed by atoms with van der Waals surface area (Å²) in [6.07, 6.45) is 0. The average molecular weight is 720 g/mol. The molecule has 0 spiro atoms. The Labute approximate surface area is 328 Å². The zero-order chi connectivity index (χ0) is 37.8. The number of hydrogen-bond donors (Lipinski definition) is 0. The molecule has 0 saturated carbocycles. The van der Waals surface area contributed by atoms with Gasteiger partial charge in [0.1, 0.15) is 11.2 Å². The Morgan fingerprint density at radius 2 is 0.893 bits per heavy atom. The van der Waals surface area contributed by atoms with E-state index in [1.54, 1.807) is 0 Å². The largest absolute Gasteiger partial charge is 0.456 e. The monoisotopic (exact) mass is 719 g/mol. The van der Waals surface area contributed by atoms with Crippen molar-refractivity contribution < 1.29 is 4.42 Å². The van der Waals surface area contributed by atoms with Crippen LogP contribution >= 0.6 is 0 Å². The molecule has 8 aromatic carbocycles. The predicted molar refractivity (Wildman–Crippen MR) is 234 cm³/mol. The number of anilines is 3. The molecule has 1 heterocycles. The number of benzene rings is 8. The third kappa shape index (κ3) is 4.69. The molecule has 2 heteroatoms. The quantitative estimate of drug-likeness (QED) is 0.176. The summed E-state index contributed by atoms with van der Waals surface area (Å²) in [6.45, 7) is 9.46. The summed E-state index contributed by atoms with van der Waals surface area (Å²) < 4.78 is 6.58. The van der Waals surface area contributed by atoms with Crippen molar-refractivity contribution in [1.29, 1.82) is 0 Å². The maximum atomic E-state index is 6.58. The molecule has 2 nitrogen and oxygen atoms in total. The van der Waals surface area contributed by atoms with E-state index < -0.39 is 0 Å². The Morgan fingerprint density at radius 1 is 0.393 bits per heavy atom. The van der Waals surface area contributed by atoms with Crippen molar-refractivity contribution in [3.05, 3.63) is 198 Å². The fourth-order valence-electron chi connectivity index (χ4n) is 9.83. The maximum Gasteiger partial charge on any atom is 0.136 e. The minimum absolute atomic E-state index is 0.143. The van der Waals surface area contributed by atoms with Gasteiger partial charge in [0.25, 0.3) is 0 Å². The molecule has 0 bridgehead atoms. The molecular weight excluding hydrogens is 679 g/mol. The molecule has 0 amide bonds. The van der Waals surface area contributed by atoms with E-state index in [9.17, 15) is 0 Å². The standard InChI is InChI=1S/C54H41NO/c1-53(2)44-19-11-8-16-39(44)41-28-26-37(32-46(41)53)55(38-27-29-42-40-17-9-12-20-45(40)54(3,4)47(42)33-38)48-30-31-50-52(43-18-10-13-21-49(43)56-50)51(48)36-24-22-35(23-25-36)34-14-6-5-7-15-34/h5-33H,1-4H3. The molecule has 268 valence electrons. The molecule has 2 aliphatic carbocycles. The molecule has 56 heavy (non-hydrogen) atoms. The molecule has 11 rings (SSSR count). The highest BCUT2D eigenvalue weighted by atomic mass is 16.3. The highest BCUT2D eigenvalue weighted by molar-refractivity contribution is 6.16. The number of nitrogens with zero attached hydrogens (tertiary/aromatic N) is 1. The Kier molecular flexibility index (Phi) is 6.98. The molecule has 2 aliphatic rings. The lowest BCUT2D eigenvalue weighted by molar-refractivity contribution is 0.660. The predicted octanol–water partition coefficient (Wildman–Crippen LogP) is 15.0. The summed E-state index contributed by atoms with van der Waals surface area (Å²) in [5.74, 6) is 0. The van der Waals surface area contributed by atoms with Crippen LogP contribution in [0.4, 0.5) is 17.1 Å². The third-order valence-corrected chi connectivity index (χ3v) is 12.7. The van der Waals surface area contributed by atoms with Gasteiger partial charge in [-0.2, -0.15) is 0 Å². The maximum absolute atomic E-state index is 6.58. The van der Waals surface area contributed by atoms with E-state index in [-0.39, 0.29) is 10.8 Å². The molecular formula is C54H41NO. The summed E-state index contributed by atoms with van der Waals surface area (Å²) >= 11 is 0. The highest BCUT2D eigenvalue weighted by Gasteiger charge is 2.38. The zero-order valence-corrected chi connectivity index (χ0v) is 32.1. The van der Waals surface area contributed by atoms with E-state index in [1.807, 2.05) is 0 Å². The van der Waals surface area contributed by atoms with Crippen LogP contribution in [-0.4, -0.2) is 0 Å². The van der Waals surface area contributed by atoms with Crippen molar-refractivity contribution in [3.63, 3.8) is 0 Å². The minimum atomic E-state index is -0.143. The number of hydrogen-bond acceptors (Lipinski definition) is 2. The van der Waals surface area contributed by atoms with Gasteiger partial charge in [-0.15, -0.1) is 0 Å². The Bertz CT molecular complexity index is 2910. The molecule has 0 saturated heterocycles. The minimum Gasteiger partial charge on any atom is -0.456 e. The first-order chi connectivity index (χ1) is 27.3. The van der Waals surface area contributed by atoms with Crippen LogP contribution in [0.2, 0.25) is 0 Å². The van der Waals surface area contributed by atoms with Crippen LogP contribution in [0.5, 0.6) is 0 Å².